The van der Waals surface area contributed by atoms with Crippen LogP contribution >= 0.6 is 0 Å². The van der Waals surface area contributed by atoms with E-state index >= 15 is 0 Å². The van der Waals surface area contributed by atoms with E-state index in [0.29, 0.717) is 16.7 Å². The molecule has 0 atom stereocenters. The Hall–Kier alpha value is -2.50. The smallest absolute Gasteiger partial charge is 0.323 e. The molecule has 0 radical (unpaired) electrons. The zero-order valence-corrected chi connectivity index (χ0v) is 9.07. The maximum absolute atomic E-state index is 11.3. The standard InChI is InChI=1S/C11H11N3O3/c1-6(15)4-10(16)12-7-2-3-8-9(5-7)14-11(17)13-8/h2-5,15H,1H3,(H,12,16)(H2,13,14,17)/b6-4-. The van der Waals surface area contributed by atoms with Crippen molar-refractivity contribution < 1.29 is 9.90 Å². The van der Waals surface area contributed by atoms with Crippen LogP contribution in [0.25, 0.3) is 11.0 Å². The van der Waals surface area contributed by atoms with Crippen LogP contribution in [0.3, 0.4) is 0 Å². The largest absolute Gasteiger partial charge is 0.512 e. The minimum absolute atomic E-state index is 0.0707. The van der Waals surface area contributed by atoms with Crippen LogP contribution in [0, 0.1) is 0 Å². The van der Waals surface area contributed by atoms with Crippen LogP contribution < -0.4 is 11.0 Å². The van der Waals surface area contributed by atoms with E-state index in [0.717, 1.165) is 6.08 Å². The molecule has 88 valence electrons. The van der Waals surface area contributed by atoms with Gasteiger partial charge in [0.15, 0.2) is 0 Å². The van der Waals surface area contributed by atoms with Crippen molar-refractivity contribution in [3.05, 3.63) is 40.5 Å². The molecule has 4 N–H and O–H groups in total. The molecule has 0 saturated carbocycles. The highest BCUT2D eigenvalue weighted by Crippen LogP contribution is 2.14. The molecular formula is C11H11N3O3. The fraction of sp³-hybridized carbons (Fsp3) is 0.0909. The van der Waals surface area contributed by atoms with Gasteiger partial charge in [0.05, 0.1) is 16.8 Å². The first-order chi connectivity index (χ1) is 8.04. The number of H-pyrrole nitrogens is 2. The van der Waals surface area contributed by atoms with E-state index in [-0.39, 0.29) is 11.4 Å². The number of aliphatic hydroxyl groups is 1. The van der Waals surface area contributed by atoms with E-state index in [4.69, 9.17) is 5.11 Å². The molecule has 2 aromatic rings. The van der Waals surface area contributed by atoms with Gasteiger partial charge in [0.25, 0.3) is 5.91 Å². The second-order valence-corrected chi connectivity index (χ2v) is 3.61. The highest BCUT2D eigenvalue weighted by molar-refractivity contribution is 6.00. The monoisotopic (exact) mass is 233 g/mol. The molecule has 0 spiro atoms. The van der Waals surface area contributed by atoms with Gasteiger partial charge >= 0.3 is 5.69 Å². The molecule has 0 saturated heterocycles. The third-order valence-corrected chi connectivity index (χ3v) is 2.12. The number of fused-ring (bicyclic) bond motifs is 1. The number of rotatable bonds is 2. The van der Waals surface area contributed by atoms with Crippen LogP contribution in [-0.2, 0) is 4.79 Å². The number of hydrogen-bond acceptors (Lipinski definition) is 3. The molecule has 1 amide bonds. The summed E-state index contributed by atoms with van der Waals surface area (Å²) in [7, 11) is 0. The third kappa shape index (κ3) is 2.54. The fourth-order valence-corrected chi connectivity index (χ4v) is 1.48. The summed E-state index contributed by atoms with van der Waals surface area (Å²) in [5.41, 5.74) is 1.52. The average molecular weight is 233 g/mol. The molecule has 1 aromatic heterocycles. The minimum atomic E-state index is -0.428. The van der Waals surface area contributed by atoms with Crippen molar-refractivity contribution in [2.24, 2.45) is 0 Å². The zero-order valence-electron chi connectivity index (χ0n) is 9.07. The van der Waals surface area contributed by atoms with Crippen LogP contribution in [0.1, 0.15) is 6.92 Å². The number of aromatic amines is 2. The second kappa shape index (κ2) is 4.17. The molecular weight excluding hydrogens is 222 g/mol. The van der Waals surface area contributed by atoms with Gasteiger partial charge in [-0.1, -0.05) is 0 Å². The van der Waals surface area contributed by atoms with Crippen LogP contribution in [0.4, 0.5) is 5.69 Å². The Balaban J connectivity index is 2.28. The van der Waals surface area contributed by atoms with E-state index in [1.54, 1.807) is 18.2 Å². The van der Waals surface area contributed by atoms with Gasteiger partial charge < -0.3 is 20.4 Å². The number of anilines is 1. The topological polar surface area (TPSA) is 98.0 Å². The van der Waals surface area contributed by atoms with E-state index in [1.807, 2.05) is 0 Å². The first-order valence-electron chi connectivity index (χ1n) is 4.95. The van der Waals surface area contributed by atoms with Gasteiger partial charge in [-0.15, -0.1) is 0 Å². The van der Waals surface area contributed by atoms with E-state index in [9.17, 15) is 9.59 Å². The van der Waals surface area contributed by atoms with Crippen molar-refractivity contribution in [3.63, 3.8) is 0 Å². The molecule has 1 heterocycles. The Morgan fingerprint density at radius 2 is 2.06 bits per heavy atom. The molecule has 6 heteroatoms. The van der Waals surface area contributed by atoms with Crippen molar-refractivity contribution in [1.29, 1.82) is 0 Å². The maximum atomic E-state index is 11.3. The Labute approximate surface area is 96.0 Å². The number of aromatic nitrogens is 2. The minimum Gasteiger partial charge on any atom is -0.512 e. The molecule has 2 rings (SSSR count). The molecule has 0 unspecified atom stereocenters. The number of hydrogen-bond donors (Lipinski definition) is 4. The van der Waals surface area contributed by atoms with E-state index in [2.05, 4.69) is 15.3 Å². The Kier molecular flexibility index (Phi) is 2.70. The summed E-state index contributed by atoms with van der Waals surface area (Å²) in [5, 5.41) is 11.5. The lowest BCUT2D eigenvalue weighted by atomic mass is 10.2. The van der Waals surface area contributed by atoms with Crippen molar-refractivity contribution in [1.82, 2.24) is 9.97 Å². The third-order valence-electron chi connectivity index (χ3n) is 2.12. The first kappa shape index (κ1) is 11.0. The Morgan fingerprint density at radius 1 is 1.35 bits per heavy atom. The molecule has 0 aliphatic carbocycles. The zero-order chi connectivity index (χ0) is 12.4. The summed E-state index contributed by atoms with van der Waals surface area (Å²) in [5.74, 6) is -0.499. The molecule has 0 fully saturated rings. The quantitative estimate of drug-likeness (QED) is 0.464. The fourth-order valence-electron chi connectivity index (χ4n) is 1.48. The normalized spacial score (nSPS) is 11.7. The van der Waals surface area contributed by atoms with Crippen LogP contribution in [0.2, 0.25) is 0 Å². The summed E-state index contributed by atoms with van der Waals surface area (Å²) in [4.78, 5) is 27.5. The number of aliphatic hydroxyl groups excluding tert-OH is 1. The van der Waals surface area contributed by atoms with Gasteiger partial charge in [0.1, 0.15) is 0 Å². The number of carbonyl (C=O) groups is 1. The summed E-state index contributed by atoms with van der Waals surface area (Å²) in [6.45, 7) is 1.41. The van der Waals surface area contributed by atoms with Crippen molar-refractivity contribution in [2.45, 2.75) is 6.92 Å². The lowest BCUT2D eigenvalue weighted by molar-refractivity contribution is -0.112. The number of benzene rings is 1. The van der Waals surface area contributed by atoms with Gasteiger partial charge in [-0.2, -0.15) is 0 Å². The summed E-state index contributed by atoms with van der Waals surface area (Å²) in [6.07, 6.45) is 1.07. The molecule has 0 aliphatic heterocycles. The van der Waals surface area contributed by atoms with Gasteiger partial charge in [0.2, 0.25) is 0 Å². The molecule has 0 bridgehead atoms. The SMILES string of the molecule is C/C(O)=C/C(=O)Nc1ccc2[nH]c(=O)[nH]c2c1. The first-order valence-corrected chi connectivity index (χ1v) is 4.95. The average Bonchev–Trinajstić information content (AvgIpc) is 2.55. The summed E-state index contributed by atoms with van der Waals surface area (Å²) >= 11 is 0. The van der Waals surface area contributed by atoms with Gasteiger partial charge in [0, 0.05) is 11.8 Å². The van der Waals surface area contributed by atoms with E-state index < -0.39 is 5.91 Å². The van der Waals surface area contributed by atoms with Crippen molar-refractivity contribution >= 4 is 22.6 Å². The Morgan fingerprint density at radius 3 is 2.76 bits per heavy atom. The van der Waals surface area contributed by atoms with Crippen LogP contribution in [-0.4, -0.2) is 21.0 Å². The number of amides is 1. The van der Waals surface area contributed by atoms with Crippen LogP contribution in [0.15, 0.2) is 34.8 Å². The second-order valence-electron chi connectivity index (χ2n) is 3.61. The van der Waals surface area contributed by atoms with Gasteiger partial charge in [-0.05, 0) is 25.1 Å². The molecule has 1 aromatic carbocycles. The number of carbonyl (C=O) groups excluding carboxylic acids is 1. The van der Waals surface area contributed by atoms with Gasteiger partial charge in [-0.3, -0.25) is 4.79 Å². The predicted octanol–water partition coefficient (Wildman–Crippen LogP) is 1.26. The number of nitrogens with one attached hydrogen (secondary N) is 3. The summed E-state index contributed by atoms with van der Waals surface area (Å²) < 4.78 is 0. The Bertz CT molecular complexity index is 647. The lowest BCUT2D eigenvalue weighted by Crippen LogP contribution is -2.08. The van der Waals surface area contributed by atoms with Gasteiger partial charge in [-0.25, -0.2) is 4.79 Å². The summed E-state index contributed by atoms with van der Waals surface area (Å²) in [6, 6.07) is 4.97. The number of imidazole rings is 1. The van der Waals surface area contributed by atoms with E-state index in [1.165, 1.54) is 6.92 Å². The molecule has 6 nitrogen and oxygen atoms in total. The van der Waals surface area contributed by atoms with Crippen molar-refractivity contribution in [2.75, 3.05) is 5.32 Å². The van der Waals surface area contributed by atoms with Crippen molar-refractivity contribution in [3.8, 4) is 0 Å². The highest BCUT2D eigenvalue weighted by atomic mass is 16.3. The predicted molar refractivity (Wildman–Crippen MR) is 63.9 cm³/mol. The highest BCUT2D eigenvalue weighted by Gasteiger charge is 2.02. The maximum Gasteiger partial charge on any atom is 0.323 e. The molecule has 0 aliphatic rings. The molecule has 17 heavy (non-hydrogen) atoms. The number of allylic oxidation sites excluding steroid dienone is 1. The van der Waals surface area contributed by atoms with Crippen LogP contribution in [0.5, 0.6) is 0 Å². The lowest BCUT2D eigenvalue weighted by Gasteiger charge is -2.01.